The predicted octanol–water partition coefficient (Wildman–Crippen LogP) is -0.0605. The largest absolute Gasteiger partial charge is 1.00 e. The third kappa shape index (κ3) is 6.80. The number of rotatable bonds is 9. The summed E-state index contributed by atoms with van der Waals surface area (Å²) in [6.45, 7) is 4.22. The second kappa shape index (κ2) is 12.8. The van der Waals surface area contributed by atoms with Gasteiger partial charge in [-0.05, 0) is 36.2 Å². The lowest BCUT2D eigenvalue weighted by atomic mass is 10.0. The lowest BCUT2D eigenvalue weighted by Crippen LogP contribution is -3.00. The number of hydrogen-bond donors (Lipinski definition) is 2. The first kappa shape index (κ1) is 26.0. The molecule has 4 aromatic rings. The van der Waals surface area contributed by atoms with E-state index in [1.54, 1.807) is 7.11 Å². The summed E-state index contributed by atoms with van der Waals surface area (Å²) < 4.78 is 5.26. The molecule has 0 unspecified atom stereocenters. The lowest BCUT2D eigenvalue weighted by Gasteiger charge is -2.30. The number of benzene rings is 3. The van der Waals surface area contributed by atoms with Gasteiger partial charge in [-0.25, -0.2) is 0 Å². The number of aromatic nitrogens is 2. The Morgan fingerprint density at radius 2 is 1.58 bits per heavy atom. The number of hydrogen-bond acceptors (Lipinski definition) is 4. The van der Waals surface area contributed by atoms with Crippen LogP contribution in [0.25, 0.3) is 10.9 Å². The molecule has 4 N–H and O–H groups in total. The maximum atomic E-state index is 5.26. The zero-order chi connectivity index (χ0) is 23.9. The first-order chi connectivity index (χ1) is 17.3. The van der Waals surface area contributed by atoms with Gasteiger partial charge in [-0.3, -0.25) is 10.6 Å². The molecule has 1 aliphatic heterocycles. The summed E-state index contributed by atoms with van der Waals surface area (Å²) in [5.41, 5.74) is 3.68. The number of fused-ring (bicyclic) bond motifs is 1. The summed E-state index contributed by atoms with van der Waals surface area (Å²) in [5, 5.41) is 5.65. The van der Waals surface area contributed by atoms with Gasteiger partial charge >= 0.3 is 5.95 Å². The monoisotopic (exact) mass is 504 g/mol. The van der Waals surface area contributed by atoms with E-state index in [9.17, 15) is 0 Å². The predicted molar refractivity (Wildman–Crippen MR) is 139 cm³/mol. The molecule has 1 aliphatic rings. The van der Waals surface area contributed by atoms with Crippen LogP contribution in [0.2, 0.25) is 0 Å². The molecule has 188 valence electrons. The first-order valence-electron chi connectivity index (χ1n) is 12.6. The molecule has 1 fully saturated rings. The highest BCUT2D eigenvalue weighted by molar-refractivity contribution is 5.86. The molecule has 7 heteroatoms. The van der Waals surface area contributed by atoms with Crippen LogP contribution in [0.15, 0.2) is 78.9 Å². The zero-order valence-corrected chi connectivity index (χ0v) is 21.6. The lowest BCUT2D eigenvalue weighted by molar-refractivity contribution is -0.624. The fraction of sp³-hybridized carbons (Fsp3) is 0.310. The average molecular weight is 505 g/mol. The molecule has 5 rings (SSSR count). The third-order valence-electron chi connectivity index (χ3n) is 6.92. The highest BCUT2D eigenvalue weighted by Gasteiger charge is 2.24. The van der Waals surface area contributed by atoms with E-state index < -0.39 is 0 Å². The number of likely N-dealkylation sites (tertiary alicyclic amines) is 1. The van der Waals surface area contributed by atoms with Gasteiger partial charge in [0, 0.05) is 38.0 Å². The van der Waals surface area contributed by atoms with Gasteiger partial charge in [0.15, 0.2) is 0 Å². The van der Waals surface area contributed by atoms with Gasteiger partial charge in [0.05, 0.1) is 24.1 Å². The van der Waals surface area contributed by atoms with Crippen molar-refractivity contribution in [2.75, 3.05) is 26.7 Å². The van der Waals surface area contributed by atoms with Gasteiger partial charge in [-0.2, -0.15) is 4.98 Å². The van der Waals surface area contributed by atoms with Crippen molar-refractivity contribution in [3.63, 3.8) is 0 Å². The Morgan fingerprint density at radius 1 is 0.861 bits per heavy atom. The topological polar surface area (TPSA) is 71.5 Å². The molecule has 0 amide bonds. The molecule has 0 saturated carbocycles. The van der Waals surface area contributed by atoms with Crippen LogP contribution in [0.3, 0.4) is 0 Å². The van der Waals surface area contributed by atoms with E-state index in [1.165, 1.54) is 11.1 Å². The molecule has 0 aliphatic carbocycles. The number of halogens is 1. The van der Waals surface area contributed by atoms with E-state index in [0.29, 0.717) is 6.04 Å². The van der Waals surface area contributed by atoms with Crippen molar-refractivity contribution in [2.45, 2.75) is 31.8 Å². The molecule has 0 radical (unpaired) electrons. The fourth-order valence-corrected chi connectivity index (χ4v) is 4.81. The van der Waals surface area contributed by atoms with E-state index in [0.717, 1.165) is 73.9 Å². The van der Waals surface area contributed by atoms with E-state index in [2.05, 4.69) is 82.3 Å². The summed E-state index contributed by atoms with van der Waals surface area (Å²) >= 11 is 0. The highest BCUT2D eigenvalue weighted by atomic mass is 35.5. The highest BCUT2D eigenvalue weighted by Crippen LogP contribution is 2.18. The SMILES string of the molecule is COc1ccc(CCN2CCC([NH2+]c3nc([NH2+]Cc4ccccc4)c4ccccc4n3)CC2)cc1.[Cl-]. The Balaban J connectivity index is 0.00000304. The van der Waals surface area contributed by atoms with E-state index in [4.69, 9.17) is 14.7 Å². The molecule has 3 aromatic carbocycles. The van der Waals surface area contributed by atoms with Gasteiger partial charge < -0.3 is 22.0 Å². The molecular formula is C29H35ClN5O+. The van der Waals surface area contributed by atoms with Crippen LogP contribution in [-0.4, -0.2) is 47.7 Å². The minimum absolute atomic E-state index is 0. The van der Waals surface area contributed by atoms with Crippen LogP contribution in [-0.2, 0) is 13.0 Å². The number of nitrogens with zero attached hydrogens (tertiary/aromatic N) is 3. The van der Waals surface area contributed by atoms with Crippen LogP contribution in [0.4, 0.5) is 11.8 Å². The number of methoxy groups -OCH3 is 1. The molecule has 2 heterocycles. The summed E-state index contributed by atoms with van der Waals surface area (Å²) in [4.78, 5) is 12.4. The maximum Gasteiger partial charge on any atom is 0.331 e. The summed E-state index contributed by atoms with van der Waals surface area (Å²) in [5.74, 6) is 2.81. The summed E-state index contributed by atoms with van der Waals surface area (Å²) in [7, 11) is 1.71. The summed E-state index contributed by atoms with van der Waals surface area (Å²) in [6.07, 6.45) is 3.39. The van der Waals surface area contributed by atoms with Gasteiger partial charge in [-0.15, -0.1) is 4.98 Å². The molecule has 6 nitrogen and oxygen atoms in total. The second-order valence-corrected chi connectivity index (χ2v) is 9.32. The smallest absolute Gasteiger partial charge is 0.331 e. The van der Waals surface area contributed by atoms with Crippen molar-refractivity contribution >= 4 is 22.7 Å². The molecule has 0 bridgehead atoms. The first-order valence-corrected chi connectivity index (χ1v) is 12.6. The molecule has 36 heavy (non-hydrogen) atoms. The number of nitrogens with two attached hydrogens (primary N) is 2. The fourth-order valence-electron chi connectivity index (χ4n) is 4.81. The van der Waals surface area contributed by atoms with Crippen LogP contribution < -0.4 is 27.8 Å². The van der Waals surface area contributed by atoms with E-state index in [-0.39, 0.29) is 12.4 Å². The molecule has 0 atom stereocenters. The minimum atomic E-state index is 0. The Hall–Kier alpha value is -3.03. The number of ether oxygens (including phenoxy) is 1. The van der Waals surface area contributed by atoms with Crippen LogP contribution in [0.1, 0.15) is 24.0 Å². The molecular weight excluding hydrogens is 470 g/mol. The maximum absolute atomic E-state index is 5.26. The van der Waals surface area contributed by atoms with Gasteiger partial charge in [0.1, 0.15) is 12.3 Å². The van der Waals surface area contributed by atoms with Gasteiger partial charge in [0.25, 0.3) is 0 Å². The molecule has 1 aromatic heterocycles. The number of quaternary nitrogens is 2. The van der Waals surface area contributed by atoms with E-state index >= 15 is 0 Å². The second-order valence-electron chi connectivity index (χ2n) is 9.32. The zero-order valence-electron chi connectivity index (χ0n) is 20.8. The third-order valence-corrected chi connectivity index (χ3v) is 6.92. The quantitative estimate of drug-likeness (QED) is 0.335. The number of para-hydroxylation sites is 1. The standard InChI is InChI=1S/C29H33N5O.ClH/c1-35-25-13-11-22(12-14-25)15-18-34-19-16-24(17-20-34)31-29-32-27-10-6-5-9-26(27)28(33-29)30-21-23-7-3-2-4-8-23;/h2-14,24H,15-21H2,1H3,(H2,30,31,32,33);1H/p+1. The van der Waals surface area contributed by atoms with Crippen LogP contribution >= 0.6 is 0 Å². The Labute approximate surface area is 219 Å². The van der Waals surface area contributed by atoms with Crippen LogP contribution in [0.5, 0.6) is 5.75 Å². The van der Waals surface area contributed by atoms with Crippen molar-refractivity contribution in [2.24, 2.45) is 0 Å². The van der Waals surface area contributed by atoms with Crippen molar-refractivity contribution in [1.29, 1.82) is 0 Å². The minimum Gasteiger partial charge on any atom is -1.00 e. The Kier molecular flexibility index (Phi) is 9.25. The average Bonchev–Trinajstić information content (AvgIpc) is 2.92. The van der Waals surface area contributed by atoms with Gasteiger partial charge in [-0.1, -0.05) is 54.6 Å². The van der Waals surface area contributed by atoms with Crippen LogP contribution in [0, 0.1) is 0 Å². The summed E-state index contributed by atoms with van der Waals surface area (Å²) in [6, 6.07) is 27.9. The number of piperidine rings is 1. The van der Waals surface area contributed by atoms with Crippen molar-refractivity contribution < 1.29 is 27.8 Å². The normalized spacial score (nSPS) is 14.5. The van der Waals surface area contributed by atoms with Crippen molar-refractivity contribution in [3.8, 4) is 5.75 Å². The Bertz CT molecular complexity index is 1230. The van der Waals surface area contributed by atoms with Crippen molar-refractivity contribution in [3.05, 3.63) is 90.0 Å². The van der Waals surface area contributed by atoms with Gasteiger partial charge in [0.2, 0.25) is 5.82 Å². The van der Waals surface area contributed by atoms with Crippen molar-refractivity contribution in [1.82, 2.24) is 14.9 Å². The Morgan fingerprint density at radius 3 is 2.33 bits per heavy atom. The van der Waals surface area contributed by atoms with E-state index in [1.807, 2.05) is 12.1 Å². The molecule has 0 spiro atoms. The molecule has 1 saturated heterocycles.